The predicted molar refractivity (Wildman–Crippen MR) is 85.8 cm³/mol. The van der Waals surface area contributed by atoms with Gasteiger partial charge >= 0.3 is 0 Å². The quantitative estimate of drug-likeness (QED) is 0.823. The maximum atomic E-state index is 6.18. The van der Waals surface area contributed by atoms with Crippen LogP contribution in [-0.2, 0) is 4.74 Å². The van der Waals surface area contributed by atoms with Gasteiger partial charge in [0.05, 0.1) is 13.2 Å². The summed E-state index contributed by atoms with van der Waals surface area (Å²) < 4.78 is 11.6. The number of hydrogen-bond donors (Lipinski definition) is 0. The zero-order valence-corrected chi connectivity index (χ0v) is 12.8. The van der Waals surface area contributed by atoms with E-state index in [1.165, 1.54) is 22.3 Å². The van der Waals surface area contributed by atoms with Gasteiger partial charge in [-0.1, -0.05) is 36.4 Å². The van der Waals surface area contributed by atoms with Gasteiger partial charge in [0, 0.05) is 12.8 Å². The Morgan fingerprint density at radius 2 is 1.62 bits per heavy atom. The minimum absolute atomic E-state index is 0.291. The van der Waals surface area contributed by atoms with Crippen LogP contribution in [0.5, 0.6) is 5.75 Å². The minimum atomic E-state index is 0.291. The molecule has 0 bridgehead atoms. The first-order valence-corrected chi connectivity index (χ1v) is 7.66. The highest BCUT2D eigenvalue weighted by atomic mass is 16.5. The van der Waals surface area contributed by atoms with E-state index in [1.807, 2.05) is 6.07 Å². The molecule has 3 rings (SSSR count). The van der Waals surface area contributed by atoms with Crippen molar-refractivity contribution >= 4 is 0 Å². The van der Waals surface area contributed by atoms with Crippen molar-refractivity contribution in [3.05, 3.63) is 53.6 Å². The van der Waals surface area contributed by atoms with Crippen LogP contribution >= 0.6 is 0 Å². The second-order valence-corrected chi connectivity index (χ2v) is 5.66. The number of rotatable bonds is 3. The van der Waals surface area contributed by atoms with Gasteiger partial charge in [-0.2, -0.15) is 0 Å². The lowest BCUT2D eigenvalue weighted by molar-refractivity contribution is 0.0253. The lowest BCUT2D eigenvalue weighted by atomic mass is 9.96. The Morgan fingerprint density at radius 3 is 2.33 bits per heavy atom. The van der Waals surface area contributed by atoms with Gasteiger partial charge in [0.25, 0.3) is 0 Å². The molecule has 1 heterocycles. The fraction of sp³-hybridized carbons (Fsp3) is 0.368. The lowest BCUT2D eigenvalue weighted by Gasteiger charge is -2.25. The molecule has 1 saturated heterocycles. The standard InChI is InChI=1S/C19H22O2/c1-14-15(2)19(21-17-10-12-20-13-11-17)9-8-18(14)16-6-4-3-5-7-16/h3-9,17H,10-13H2,1-2H3. The molecule has 21 heavy (non-hydrogen) atoms. The first-order valence-electron chi connectivity index (χ1n) is 7.66. The van der Waals surface area contributed by atoms with Crippen LogP contribution in [0.25, 0.3) is 11.1 Å². The van der Waals surface area contributed by atoms with Gasteiger partial charge in [-0.25, -0.2) is 0 Å². The first kappa shape index (κ1) is 14.2. The monoisotopic (exact) mass is 282 g/mol. The van der Waals surface area contributed by atoms with Crippen molar-refractivity contribution in [3.8, 4) is 16.9 Å². The highest BCUT2D eigenvalue weighted by molar-refractivity contribution is 5.70. The van der Waals surface area contributed by atoms with Crippen molar-refractivity contribution in [2.45, 2.75) is 32.8 Å². The molecule has 110 valence electrons. The molecule has 2 aromatic carbocycles. The highest BCUT2D eigenvalue weighted by Crippen LogP contribution is 2.32. The highest BCUT2D eigenvalue weighted by Gasteiger charge is 2.17. The Bertz CT molecular complexity index is 598. The SMILES string of the molecule is Cc1c(OC2CCOCC2)ccc(-c2ccccc2)c1C. The molecule has 2 nitrogen and oxygen atoms in total. The minimum Gasteiger partial charge on any atom is -0.490 e. The Morgan fingerprint density at radius 1 is 0.905 bits per heavy atom. The molecular formula is C19H22O2. The molecule has 2 heteroatoms. The fourth-order valence-corrected chi connectivity index (χ4v) is 2.83. The molecule has 2 aromatic rings. The molecule has 1 fully saturated rings. The molecule has 0 aromatic heterocycles. The van der Waals surface area contributed by atoms with Gasteiger partial charge in [-0.15, -0.1) is 0 Å². The van der Waals surface area contributed by atoms with Gasteiger partial charge in [0.15, 0.2) is 0 Å². The lowest BCUT2D eigenvalue weighted by Crippen LogP contribution is -2.26. The normalized spacial score (nSPS) is 15.9. The largest absolute Gasteiger partial charge is 0.490 e. The zero-order chi connectivity index (χ0) is 14.7. The zero-order valence-electron chi connectivity index (χ0n) is 12.8. The summed E-state index contributed by atoms with van der Waals surface area (Å²) in [6.07, 6.45) is 2.26. The number of ether oxygens (including phenoxy) is 2. The molecular weight excluding hydrogens is 260 g/mol. The molecule has 1 aliphatic heterocycles. The summed E-state index contributed by atoms with van der Waals surface area (Å²) in [4.78, 5) is 0. The van der Waals surface area contributed by atoms with Crippen LogP contribution in [0, 0.1) is 13.8 Å². The van der Waals surface area contributed by atoms with E-state index in [2.05, 4.69) is 50.2 Å². The molecule has 0 N–H and O–H groups in total. The van der Waals surface area contributed by atoms with Gasteiger partial charge in [-0.05, 0) is 42.2 Å². The van der Waals surface area contributed by atoms with Crippen LogP contribution < -0.4 is 4.74 Å². The van der Waals surface area contributed by atoms with Crippen LogP contribution in [0.15, 0.2) is 42.5 Å². The third-order valence-electron chi connectivity index (χ3n) is 4.28. The molecule has 0 atom stereocenters. The Hall–Kier alpha value is -1.80. The van der Waals surface area contributed by atoms with E-state index in [4.69, 9.17) is 9.47 Å². The average molecular weight is 282 g/mol. The molecule has 0 spiro atoms. The molecule has 0 aliphatic carbocycles. The average Bonchev–Trinajstić information content (AvgIpc) is 2.54. The van der Waals surface area contributed by atoms with E-state index in [1.54, 1.807) is 0 Å². The van der Waals surface area contributed by atoms with Crippen LogP contribution in [-0.4, -0.2) is 19.3 Å². The first-order chi connectivity index (χ1) is 10.3. The molecule has 0 radical (unpaired) electrons. The summed E-state index contributed by atoms with van der Waals surface area (Å²) >= 11 is 0. The topological polar surface area (TPSA) is 18.5 Å². The van der Waals surface area contributed by atoms with Crippen LogP contribution in [0.4, 0.5) is 0 Å². The van der Waals surface area contributed by atoms with Crippen molar-refractivity contribution in [2.75, 3.05) is 13.2 Å². The maximum absolute atomic E-state index is 6.18. The number of benzene rings is 2. The van der Waals surface area contributed by atoms with E-state index in [9.17, 15) is 0 Å². The molecule has 0 amide bonds. The van der Waals surface area contributed by atoms with Crippen molar-refractivity contribution in [3.63, 3.8) is 0 Å². The second kappa shape index (κ2) is 6.31. The number of hydrogen-bond acceptors (Lipinski definition) is 2. The van der Waals surface area contributed by atoms with E-state index in [-0.39, 0.29) is 0 Å². The molecule has 0 saturated carbocycles. The van der Waals surface area contributed by atoms with Gasteiger partial charge in [0.1, 0.15) is 11.9 Å². The Labute approximate surface area is 126 Å². The van der Waals surface area contributed by atoms with Crippen molar-refractivity contribution in [2.24, 2.45) is 0 Å². The van der Waals surface area contributed by atoms with Crippen molar-refractivity contribution in [1.82, 2.24) is 0 Å². The summed E-state index contributed by atoms with van der Waals surface area (Å²) in [5, 5.41) is 0. The van der Waals surface area contributed by atoms with E-state index >= 15 is 0 Å². The van der Waals surface area contributed by atoms with Gasteiger partial charge < -0.3 is 9.47 Å². The summed E-state index contributed by atoms with van der Waals surface area (Å²) in [5.41, 5.74) is 5.08. The molecule has 0 unspecified atom stereocenters. The fourth-order valence-electron chi connectivity index (χ4n) is 2.83. The van der Waals surface area contributed by atoms with Gasteiger partial charge in [0.2, 0.25) is 0 Å². The summed E-state index contributed by atoms with van der Waals surface area (Å²) in [6, 6.07) is 14.8. The van der Waals surface area contributed by atoms with Crippen molar-refractivity contribution in [1.29, 1.82) is 0 Å². The summed E-state index contributed by atoms with van der Waals surface area (Å²) in [6.45, 7) is 5.94. The van der Waals surface area contributed by atoms with Crippen molar-refractivity contribution < 1.29 is 9.47 Å². The predicted octanol–water partition coefficient (Wildman–Crippen LogP) is 4.53. The van der Waals surface area contributed by atoms with E-state index in [0.717, 1.165) is 31.8 Å². The van der Waals surface area contributed by atoms with E-state index in [0.29, 0.717) is 6.10 Å². The second-order valence-electron chi connectivity index (χ2n) is 5.66. The van der Waals surface area contributed by atoms with E-state index < -0.39 is 0 Å². The maximum Gasteiger partial charge on any atom is 0.122 e. The van der Waals surface area contributed by atoms with Crippen LogP contribution in [0.1, 0.15) is 24.0 Å². The van der Waals surface area contributed by atoms with Gasteiger partial charge in [-0.3, -0.25) is 0 Å². The Balaban J connectivity index is 1.86. The van der Waals surface area contributed by atoms with Crippen LogP contribution in [0.3, 0.4) is 0 Å². The molecule has 1 aliphatic rings. The Kier molecular flexibility index (Phi) is 4.26. The third kappa shape index (κ3) is 3.11. The summed E-state index contributed by atoms with van der Waals surface area (Å²) in [5.74, 6) is 1.01. The smallest absolute Gasteiger partial charge is 0.122 e. The third-order valence-corrected chi connectivity index (χ3v) is 4.28. The summed E-state index contributed by atoms with van der Waals surface area (Å²) in [7, 11) is 0. The van der Waals surface area contributed by atoms with Crippen LogP contribution in [0.2, 0.25) is 0 Å².